The van der Waals surface area contributed by atoms with Gasteiger partial charge in [-0.05, 0) is 39.0 Å². The Balaban J connectivity index is 2.24. The lowest BCUT2D eigenvalue weighted by molar-refractivity contribution is -0.149. The van der Waals surface area contributed by atoms with Gasteiger partial charge < -0.3 is 9.64 Å². The predicted octanol–water partition coefficient (Wildman–Crippen LogP) is 2.23. The van der Waals surface area contributed by atoms with Crippen molar-refractivity contribution in [2.45, 2.75) is 58.4 Å². The summed E-state index contributed by atoms with van der Waals surface area (Å²) < 4.78 is 5.24. The summed E-state index contributed by atoms with van der Waals surface area (Å²) in [6, 6.07) is -0.0202. The molecule has 8 heteroatoms. The van der Waals surface area contributed by atoms with Gasteiger partial charge in [0.25, 0.3) is 0 Å². The van der Waals surface area contributed by atoms with Crippen LogP contribution < -0.4 is 0 Å². The molecule has 27 heavy (non-hydrogen) atoms. The van der Waals surface area contributed by atoms with Crippen molar-refractivity contribution >= 4 is 17.6 Å². The van der Waals surface area contributed by atoms with E-state index in [9.17, 15) is 19.3 Å². The number of rotatable bonds is 8. The third kappa shape index (κ3) is 4.61. The lowest BCUT2D eigenvalue weighted by Gasteiger charge is -2.37. The zero-order valence-corrected chi connectivity index (χ0v) is 16.4. The van der Waals surface area contributed by atoms with Crippen LogP contribution in [0.25, 0.3) is 0 Å². The summed E-state index contributed by atoms with van der Waals surface area (Å²) in [5, 5.41) is 3.53. The number of nitroso groups, excluding NO2 is 1. The Morgan fingerprint density at radius 3 is 2.78 bits per heavy atom. The molecule has 0 radical (unpaired) electrons. The molecule has 1 heterocycles. The monoisotopic (exact) mass is 379 g/mol. The SMILES string of the molecule is COC[C@@H]1CCCN1C(=O)[C@]1(CCCN(N=O)C(C)=O)C=C(C)CCC1=O. The first-order valence-corrected chi connectivity index (χ1v) is 9.48. The molecule has 2 atom stereocenters. The van der Waals surface area contributed by atoms with Crippen molar-refractivity contribution < 1.29 is 19.1 Å². The Kier molecular flexibility index (Phi) is 7.24. The number of nitrogens with zero attached hydrogens (tertiary/aromatic N) is 3. The molecule has 0 aromatic carbocycles. The first-order chi connectivity index (χ1) is 12.9. The van der Waals surface area contributed by atoms with E-state index in [0.29, 0.717) is 32.4 Å². The van der Waals surface area contributed by atoms with E-state index in [4.69, 9.17) is 4.74 Å². The van der Waals surface area contributed by atoms with E-state index in [2.05, 4.69) is 5.29 Å². The Morgan fingerprint density at radius 2 is 2.15 bits per heavy atom. The minimum Gasteiger partial charge on any atom is -0.383 e. The number of carbonyl (C=O) groups is 3. The second-order valence-corrected chi connectivity index (χ2v) is 7.46. The van der Waals surface area contributed by atoms with Crippen LogP contribution in [0.2, 0.25) is 0 Å². The van der Waals surface area contributed by atoms with Crippen LogP contribution in [-0.4, -0.2) is 60.4 Å². The molecule has 1 aliphatic heterocycles. The summed E-state index contributed by atoms with van der Waals surface area (Å²) in [6.07, 6.45) is 5.15. The number of methoxy groups -OCH3 is 1. The molecule has 0 N–H and O–H groups in total. The molecule has 2 rings (SSSR count). The van der Waals surface area contributed by atoms with Crippen LogP contribution in [0.5, 0.6) is 0 Å². The number of ketones is 1. The third-order valence-corrected chi connectivity index (χ3v) is 5.52. The fourth-order valence-electron chi connectivity index (χ4n) is 4.09. The van der Waals surface area contributed by atoms with Crippen molar-refractivity contribution in [3.8, 4) is 0 Å². The van der Waals surface area contributed by atoms with Gasteiger partial charge in [0.15, 0.2) is 5.78 Å². The maximum atomic E-state index is 13.5. The van der Waals surface area contributed by atoms with Gasteiger partial charge in [-0.3, -0.25) is 14.4 Å². The van der Waals surface area contributed by atoms with E-state index >= 15 is 0 Å². The standard InChI is InChI=1S/C19H29N3O5/c1-14-7-8-17(24)19(12-14,9-5-11-22(20-26)15(2)23)18(25)21-10-4-6-16(21)13-27-3/h12,16H,4-11,13H2,1-3H3/t16-,19+/m0/s1. The highest BCUT2D eigenvalue weighted by molar-refractivity contribution is 6.09. The van der Waals surface area contributed by atoms with Crippen LogP contribution in [0.4, 0.5) is 0 Å². The molecule has 0 unspecified atom stereocenters. The molecule has 8 nitrogen and oxygen atoms in total. The van der Waals surface area contributed by atoms with Crippen molar-refractivity contribution in [1.82, 2.24) is 9.91 Å². The summed E-state index contributed by atoms with van der Waals surface area (Å²) in [5.41, 5.74) is -0.202. The van der Waals surface area contributed by atoms with Crippen molar-refractivity contribution in [2.24, 2.45) is 10.7 Å². The molecule has 1 saturated heterocycles. The van der Waals surface area contributed by atoms with Gasteiger partial charge in [-0.1, -0.05) is 11.6 Å². The van der Waals surface area contributed by atoms with E-state index in [1.807, 2.05) is 6.92 Å². The van der Waals surface area contributed by atoms with Crippen molar-refractivity contribution in [3.05, 3.63) is 16.6 Å². The van der Waals surface area contributed by atoms with Gasteiger partial charge in [0, 0.05) is 33.5 Å². The van der Waals surface area contributed by atoms with Crippen LogP contribution in [0.3, 0.4) is 0 Å². The zero-order valence-electron chi connectivity index (χ0n) is 16.4. The fourth-order valence-corrected chi connectivity index (χ4v) is 4.09. The van der Waals surface area contributed by atoms with Gasteiger partial charge >= 0.3 is 0 Å². The number of Topliss-reactive ketones (excluding diaryl/α,β-unsaturated/α-hetero) is 1. The fraction of sp³-hybridized carbons (Fsp3) is 0.737. The van der Waals surface area contributed by atoms with Crippen LogP contribution in [-0.2, 0) is 19.1 Å². The van der Waals surface area contributed by atoms with Gasteiger partial charge in [-0.15, -0.1) is 4.91 Å². The van der Waals surface area contributed by atoms with E-state index in [1.54, 1.807) is 18.1 Å². The van der Waals surface area contributed by atoms with Gasteiger partial charge in [0.05, 0.1) is 17.9 Å². The molecule has 1 aliphatic carbocycles. The van der Waals surface area contributed by atoms with Crippen molar-refractivity contribution in [1.29, 1.82) is 0 Å². The maximum Gasteiger partial charge on any atom is 0.242 e. The lowest BCUT2D eigenvalue weighted by atomic mass is 9.71. The summed E-state index contributed by atoms with van der Waals surface area (Å²) >= 11 is 0. The van der Waals surface area contributed by atoms with Gasteiger partial charge in [0.2, 0.25) is 11.8 Å². The van der Waals surface area contributed by atoms with Crippen LogP contribution in [0, 0.1) is 10.3 Å². The van der Waals surface area contributed by atoms with E-state index < -0.39 is 11.3 Å². The number of amides is 2. The molecule has 0 aromatic heterocycles. The Bertz CT molecular complexity index is 633. The first kappa shape index (κ1) is 21.2. The number of ether oxygens (including phenoxy) is 1. The molecule has 2 aliphatic rings. The largest absolute Gasteiger partial charge is 0.383 e. The smallest absolute Gasteiger partial charge is 0.242 e. The molecular formula is C19H29N3O5. The van der Waals surface area contributed by atoms with Gasteiger partial charge in [-0.25, -0.2) is 0 Å². The number of likely N-dealkylation sites (tertiary alicyclic amines) is 1. The molecular weight excluding hydrogens is 350 g/mol. The zero-order chi connectivity index (χ0) is 20.0. The summed E-state index contributed by atoms with van der Waals surface area (Å²) in [7, 11) is 1.61. The Labute approximate surface area is 159 Å². The molecule has 0 saturated carbocycles. The van der Waals surface area contributed by atoms with Crippen molar-refractivity contribution in [2.75, 3.05) is 26.8 Å². The topological polar surface area (TPSA) is 96.3 Å². The number of allylic oxidation sites excluding steroid dienone is 1. The van der Waals surface area contributed by atoms with E-state index in [-0.39, 0.29) is 30.7 Å². The highest BCUT2D eigenvalue weighted by Gasteiger charge is 2.48. The normalized spacial score (nSPS) is 25.3. The average molecular weight is 379 g/mol. The number of hydrogen-bond acceptors (Lipinski definition) is 6. The van der Waals surface area contributed by atoms with Gasteiger partial charge in [0.1, 0.15) is 5.41 Å². The molecule has 1 fully saturated rings. The highest BCUT2D eigenvalue weighted by atomic mass is 16.5. The highest BCUT2D eigenvalue weighted by Crippen LogP contribution is 2.39. The predicted molar refractivity (Wildman–Crippen MR) is 99.5 cm³/mol. The second kappa shape index (κ2) is 9.21. The minimum atomic E-state index is -1.22. The lowest BCUT2D eigenvalue weighted by Crippen LogP contribution is -2.51. The first-order valence-electron chi connectivity index (χ1n) is 9.48. The van der Waals surface area contributed by atoms with E-state index in [0.717, 1.165) is 23.4 Å². The van der Waals surface area contributed by atoms with Gasteiger partial charge in [-0.2, -0.15) is 5.01 Å². The molecule has 2 amide bonds. The van der Waals surface area contributed by atoms with Crippen LogP contribution >= 0.6 is 0 Å². The summed E-state index contributed by atoms with van der Waals surface area (Å²) in [5.74, 6) is -0.721. The quantitative estimate of drug-likeness (QED) is 0.279. The molecule has 0 aromatic rings. The van der Waals surface area contributed by atoms with Crippen LogP contribution in [0.1, 0.15) is 52.4 Å². The summed E-state index contributed by atoms with van der Waals surface area (Å²) in [4.78, 5) is 50.3. The summed E-state index contributed by atoms with van der Waals surface area (Å²) in [6.45, 7) is 4.35. The Hall–Kier alpha value is -2.09. The second-order valence-electron chi connectivity index (χ2n) is 7.46. The molecule has 0 spiro atoms. The van der Waals surface area contributed by atoms with Crippen molar-refractivity contribution in [3.63, 3.8) is 0 Å². The number of carbonyl (C=O) groups excluding carboxylic acids is 3. The maximum absolute atomic E-state index is 13.5. The minimum absolute atomic E-state index is 0.0202. The molecule has 150 valence electrons. The molecule has 0 bridgehead atoms. The number of hydrogen-bond donors (Lipinski definition) is 0. The van der Waals surface area contributed by atoms with E-state index in [1.165, 1.54) is 6.92 Å². The van der Waals surface area contributed by atoms with Crippen LogP contribution in [0.15, 0.2) is 16.9 Å². The third-order valence-electron chi connectivity index (χ3n) is 5.52. The Morgan fingerprint density at radius 1 is 1.41 bits per heavy atom. The average Bonchev–Trinajstić information content (AvgIpc) is 3.09.